The van der Waals surface area contributed by atoms with E-state index in [4.69, 9.17) is 11.6 Å². The summed E-state index contributed by atoms with van der Waals surface area (Å²) in [6.07, 6.45) is 8.60. The van der Waals surface area contributed by atoms with E-state index in [-0.39, 0.29) is 11.2 Å². The number of rotatable bonds is 8. The van der Waals surface area contributed by atoms with Crippen molar-refractivity contribution in [1.82, 2.24) is 0 Å². The SMILES string of the molecule is CCCCCCCC[C@H](C)C(=O)Cl. The van der Waals surface area contributed by atoms with Crippen molar-refractivity contribution in [2.24, 2.45) is 5.92 Å². The summed E-state index contributed by atoms with van der Waals surface area (Å²) in [6, 6.07) is 0. The molecule has 0 aliphatic carbocycles. The van der Waals surface area contributed by atoms with Crippen molar-refractivity contribution in [2.45, 2.75) is 58.8 Å². The van der Waals surface area contributed by atoms with E-state index in [1.54, 1.807) is 0 Å². The minimum Gasteiger partial charge on any atom is -0.281 e. The minimum absolute atomic E-state index is 0.0489. The first kappa shape index (κ1) is 13.0. The highest BCUT2D eigenvalue weighted by atomic mass is 35.5. The van der Waals surface area contributed by atoms with E-state index in [2.05, 4.69) is 6.92 Å². The molecule has 0 aromatic rings. The topological polar surface area (TPSA) is 17.1 Å². The summed E-state index contributed by atoms with van der Waals surface area (Å²) >= 11 is 5.35. The highest BCUT2D eigenvalue weighted by Gasteiger charge is 2.08. The van der Waals surface area contributed by atoms with Gasteiger partial charge < -0.3 is 0 Å². The normalized spacial score (nSPS) is 12.8. The van der Waals surface area contributed by atoms with Crippen LogP contribution < -0.4 is 0 Å². The second-order valence-corrected chi connectivity index (χ2v) is 4.13. The fourth-order valence-electron chi connectivity index (χ4n) is 1.34. The predicted molar refractivity (Wildman–Crippen MR) is 58.0 cm³/mol. The molecule has 1 atom stereocenters. The van der Waals surface area contributed by atoms with Gasteiger partial charge >= 0.3 is 0 Å². The molecule has 0 heterocycles. The highest BCUT2D eigenvalue weighted by Crippen LogP contribution is 2.13. The zero-order valence-corrected chi connectivity index (χ0v) is 9.57. The number of hydrogen-bond donors (Lipinski definition) is 0. The van der Waals surface area contributed by atoms with Gasteiger partial charge in [-0.05, 0) is 18.0 Å². The van der Waals surface area contributed by atoms with Crippen molar-refractivity contribution in [2.75, 3.05) is 0 Å². The van der Waals surface area contributed by atoms with Crippen molar-refractivity contribution in [3.05, 3.63) is 0 Å². The van der Waals surface area contributed by atoms with Crippen molar-refractivity contribution < 1.29 is 4.79 Å². The first-order valence-electron chi connectivity index (χ1n) is 5.37. The Morgan fingerprint density at radius 3 is 2.23 bits per heavy atom. The highest BCUT2D eigenvalue weighted by molar-refractivity contribution is 6.63. The molecule has 0 saturated heterocycles. The fourth-order valence-corrected chi connectivity index (χ4v) is 1.45. The molecule has 0 amide bonds. The van der Waals surface area contributed by atoms with Crippen LogP contribution in [0.2, 0.25) is 0 Å². The molecule has 0 radical (unpaired) electrons. The predicted octanol–water partition coefficient (Wildman–Crippen LogP) is 4.14. The van der Waals surface area contributed by atoms with Gasteiger partial charge in [0.25, 0.3) is 0 Å². The smallest absolute Gasteiger partial charge is 0.224 e. The van der Waals surface area contributed by atoms with Gasteiger partial charge in [-0.25, -0.2) is 0 Å². The van der Waals surface area contributed by atoms with Crippen LogP contribution >= 0.6 is 11.6 Å². The van der Waals surface area contributed by atoms with Crippen molar-refractivity contribution >= 4 is 16.8 Å². The van der Waals surface area contributed by atoms with Crippen LogP contribution in [0.1, 0.15) is 58.8 Å². The van der Waals surface area contributed by atoms with Crippen LogP contribution in [-0.4, -0.2) is 5.24 Å². The first-order valence-corrected chi connectivity index (χ1v) is 5.75. The van der Waals surface area contributed by atoms with Gasteiger partial charge in [0.1, 0.15) is 0 Å². The summed E-state index contributed by atoms with van der Waals surface area (Å²) in [5.41, 5.74) is 0. The lowest BCUT2D eigenvalue weighted by molar-refractivity contribution is -0.114. The molecule has 0 aromatic carbocycles. The Bertz CT molecular complexity index is 134. The summed E-state index contributed by atoms with van der Waals surface area (Å²) in [5, 5.41) is -0.187. The van der Waals surface area contributed by atoms with E-state index < -0.39 is 0 Å². The molecule has 0 aliphatic rings. The van der Waals surface area contributed by atoms with Crippen molar-refractivity contribution in [3.63, 3.8) is 0 Å². The average Bonchev–Trinajstić information content (AvgIpc) is 2.10. The van der Waals surface area contributed by atoms with Gasteiger partial charge in [-0.1, -0.05) is 52.4 Å². The Hall–Kier alpha value is -0.0400. The van der Waals surface area contributed by atoms with E-state index in [9.17, 15) is 4.79 Å². The summed E-state index contributed by atoms with van der Waals surface area (Å²) in [7, 11) is 0. The molecule has 0 unspecified atom stereocenters. The third-order valence-corrected chi connectivity index (χ3v) is 2.75. The summed E-state index contributed by atoms with van der Waals surface area (Å²) < 4.78 is 0. The van der Waals surface area contributed by atoms with Gasteiger partial charge in [0, 0.05) is 5.92 Å². The molecule has 1 nitrogen and oxygen atoms in total. The third-order valence-electron chi connectivity index (χ3n) is 2.38. The van der Waals surface area contributed by atoms with Gasteiger partial charge in [0.15, 0.2) is 0 Å². The Morgan fingerprint density at radius 2 is 1.69 bits per heavy atom. The lowest BCUT2D eigenvalue weighted by Crippen LogP contribution is -2.02. The maximum atomic E-state index is 10.7. The van der Waals surface area contributed by atoms with Crippen LogP contribution in [0.25, 0.3) is 0 Å². The van der Waals surface area contributed by atoms with Crippen LogP contribution in [0, 0.1) is 5.92 Å². The van der Waals surface area contributed by atoms with Crippen LogP contribution in [0.4, 0.5) is 0 Å². The second kappa shape index (κ2) is 8.55. The largest absolute Gasteiger partial charge is 0.281 e. The Morgan fingerprint density at radius 1 is 1.15 bits per heavy atom. The zero-order valence-electron chi connectivity index (χ0n) is 8.81. The molecule has 0 aliphatic heterocycles. The fraction of sp³-hybridized carbons (Fsp3) is 0.909. The van der Waals surface area contributed by atoms with Crippen LogP contribution in [0.3, 0.4) is 0 Å². The third kappa shape index (κ3) is 8.29. The van der Waals surface area contributed by atoms with E-state index in [1.165, 1.54) is 32.1 Å². The first-order chi connectivity index (χ1) is 6.18. The Kier molecular flexibility index (Phi) is 8.53. The lowest BCUT2D eigenvalue weighted by atomic mass is 10.0. The molecular formula is C11H21ClO. The van der Waals surface area contributed by atoms with Gasteiger partial charge in [-0.2, -0.15) is 0 Å². The second-order valence-electron chi connectivity index (χ2n) is 3.76. The Balaban J connectivity index is 3.11. The van der Waals surface area contributed by atoms with E-state index in [1.807, 2.05) is 6.92 Å². The molecular weight excluding hydrogens is 184 g/mol. The molecule has 0 rings (SSSR count). The quantitative estimate of drug-likeness (QED) is 0.429. The molecule has 0 saturated carbocycles. The van der Waals surface area contributed by atoms with Gasteiger partial charge in [0.2, 0.25) is 5.24 Å². The van der Waals surface area contributed by atoms with Crippen molar-refractivity contribution in [3.8, 4) is 0 Å². The van der Waals surface area contributed by atoms with Gasteiger partial charge in [-0.15, -0.1) is 0 Å². The molecule has 0 bridgehead atoms. The zero-order chi connectivity index (χ0) is 10.1. The molecule has 0 N–H and O–H groups in total. The lowest BCUT2D eigenvalue weighted by Gasteiger charge is -2.04. The standard InChI is InChI=1S/C11H21ClO/c1-3-4-5-6-7-8-9-10(2)11(12)13/h10H,3-9H2,1-2H3/t10-/m0/s1. The van der Waals surface area contributed by atoms with Crippen LogP contribution in [-0.2, 0) is 4.79 Å². The maximum Gasteiger partial charge on any atom is 0.224 e. The average molecular weight is 205 g/mol. The van der Waals surface area contributed by atoms with E-state index in [0.717, 1.165) is 12.8 Å². The molecule has 0 fully saturated rings. The summed E-state index contributed by atoms with van der Waals surface area (Å²) in [5.74, 6) is 0.0489. The molecule has 0 aromatic heterocycles. The van der Waals surface area contributed by atoms with Crippen molar-refractivity contribution in [1.29, 1.82) is 0 Å². The maximum absolute atomic E-state index is 10.7. The number of unbranched alkanes of at least 4 members (excludes halogenated alkanes) is 5. The molecule has 78 valence electrons. The summed E-state index contributed by atoms with van der Waals surface area (Å²) in [6.45, 7) is 4.12. The summed E-state index contributed by atoms with van der Waals surface area (Å²) in [4.78, 5) is 10.7. The van der Waals surface area contributed by atoms with Crippen LogP contribution in [0.5, 0.6) is 0 Å². The minimum atomic E-state index is -0.187. The number of carbonyl (C=O) groups is 1. The van der Waals surface area contributed by atoms with E-state index >= 15 is 0 Å². The van der Waals surface area contributed by atoms with Gasteiger partial charge in [0.05, 0.1) is 0 Å². The Labute approximate surface area is 86.9 Å². The molecule has 0 spiro atoms. The monoisotopic (exact) mass is 204 g/mol. The number of hydrogen-bond acceptors (Lipinski definition) is 1. The number of carbonyl (C=O) groups excluding carboxylic acids is 1. The molecule has 13 heavy (non-hydrogen) atoms. The van der Waals surface area contributed by atoms with E-state index in [0.29, 0.717) is 0 Å². The van der Waals surface area contributed by atoms with Crippen LogP contribution in [0.15, 0.2) is 0 Å². The molecule has 2 heteroatoms. The van der Waals surface area contributed by atoms with Gasteiger partial charge in [-0.3, -0.25) is 4.79 Å². The number of halogens is 1.